The van der Waals surface area contributed by atoms with Crippen LogP contribution in [-0.2, 0) is 9.53 Å². The third-order valence-corrected chi connectivity index (χ3v) is 5.13. The lowest BCUT2D eigenvalue weighted by Gasteiger charge is -2.25. The van der Waals surface area contributed by atoms with Crippen LogP contribution in [0.2, 0.25) is 0 Å². The van der Waals surface area contributed by atoms with Crippen LogP contribution < -0.4 is 15.5 Å². The van der Waals surface area contributed by atoms with Crippen molar-refractivity contribution in [2.75, 3.05) is 18.5 Å². The molecule has 0 unspecified atom stereocenters. The number of amides is 2. The Morgan fingerprint density at radius 1 is 1.14 bits per heavy atom. The van der Waals surface area contributed by atoms with Crippen molar-refractivity contribution >= 4 is 17.7 Å². The van der Waals surface area contributed by atoms with Gasteiger partial charge in [-0.1, -0.05) is 31.2 Å². The maximum absolute atomic E-state index is 14.0. The van der Waals surface area contributed by atoms with Gasteiger partial charge >= 0.3 is 6.09 Å². The van der Waals surface area contributed by atoms with Crippen LogP contribution in [0, 0.1) is 17.6 Å². The molecule has 0 heterocycles. The Kier molecular flexibility index (Phi) is 11.5. The van der Waals surface area contributed by atoms with Gasteiger partial charge in [0.05, 0.1) is 12.3 Å². The summed E-state index contributed by atoms with van der Waals surface area (Å²) in [5.41, 5.74) is 2.63. The Labute approximate surface area is 208 Å². The lowest BCUT2D eigenvalue weighted by Crippen LogP contribution is -2.22. The van der Waals surface area contributed by atoms with Crippen molar-refractivity contribution in [1.82, 2.24) is 5.48 Å². The molecule has 0 aromatic heterocycles. The second-order valence-electron chi connectivity index (χ2n) is 8.04. The molecular weight excluding hydrogens is 474 g/mol. The van der Waals surface area contributed by atoms with Gasteiger partial charge in [-0.2, -0.15) is 0 Å². The van der Waals surface area contributed by atoms with Crippen LogP contribution in [0.15, 0.2) is 66.3 Å². The lowest BCUT2D eigenvalue weighted by atomic mass is 9.93. The number of carbonyl (C=O) groups is 2. The Bertz CT molecular complexity index is 1070. The highest BCUT2D eigenvalue weighted by Crippen LogP contribution is 2.31. The Morgan fingerprint density at radius 2 is 1.86 bits per heavy atom. The van der Waals surface area contributed by atoms with Crippen LogP contribution in [0.4, 0.5) is 19.3 Å². The van der Waals surface area contributed by atoms with E-state index in [-0.39, 0.29) is 24.8 Å². The van der Waals surface area contributed by atoms with Crippen molar-refractivity contribution in [2.24, 2.45) is 5.92 Å². The number of rotatable bonds is 12. The van der Waals surface area contributed by atoms with Crippen molar-refractivity contribution < 1.29 is 38.2 Å². The minimum absolute atomic E-state index is 0.127. The molecular formula is C26H30F2N2O6. The predicted octanol–water partition coefficient (Wildman–Crippen LogP) is 5.05. The predicted molar refractivity (Wildman–Crippen MR) is 129 cm³/mol. The van der Waals surface area contributed by atoms with Crippen molar-refractivity contribution in [3.05, 3.63) is 83.5 Å². The molecule has 2 atom stereocenters. The third-order valence-electron chi connectivity index (χ3n) is 5.13. The summed E-state index contributed by atoms with van der Waals surface area (Å²) in [6.07, 6.45) is 4.41. The zero-order valence-corrected chi connectivity index (χ0v) is 20.0. The summed E-state index contributed by atoms with van der Waals surface area (Å²) in [4.78, 5) is 23.7. The van der Waals surface area contributed by atoms with Gasteiger partial charge in [-0.05, 0) is 61.1 Å². The Balaban J connectivity index is 2.13. The van der Waals surface area contributed by atoms with Crippen LogP contribution in [-0.4, -0.2) is 35.5 Å². The molecule has 0 aliphatic rings. The molecule has 2 amide bonds. The molecule has 2 aromatic carbocycles. The van der Waals surface area contributed by atoms with Gasteiger partial charge in [0.25, 0.3) is 5.91 Å². The van der Waals surface area contributed by atoms with Crippen molar-refractivity contribution in [3.63, 3.8) is 0 Å². The van der Waals surface area contributed by atoms with Crippen LogP contribution in [0.5, 0.6) is 5.75 Å². The maximum atomic E-state index is 14.0. The Morgan fingerprint density at radius 3 is 2.50 bits per heavy atom. The van der Waals surface area contributed by atoms with Gasteiger partial charge in [0.2, 0.25) is 0 Å². The van der Waals surface area contributed by atoms with E-state index < -0.39 is 29.7 Å². The summed E-state index contributed by atoms with van der Waals surface area (Å²) in [5.74, 6) is -1.96. The summed E-state index contributed by atoms with van der Waals surface area (Å²) >= 11 is 0. The molecule has 4 N–H and O–H groups in total. The summed E-state index contributed by atoms with van der Waals surface area (Å²) in [6.45, 7) is 3.61. The average Bonchev–Trinajstić information content (AvgIpc) is 2.85. The molecule has 0 spiro atoms. The monoisotopic (exact) mass is 504 g/mol. The smallest absolute Gasteiger partial charge is 0.412 e. The second-order valence-corrected chi connectivity index (χ2v) is 8.04. The molecule has 2 aromatic rings. The van der Waals surface area contributed by atoms with Crippen molar-refractivity contribution in [3.8, 4) is 5.75 Å². The summed E-state index contributed by atoms with van der Waals surface area (Å²) < 4.78 is 38.1. The number of anilines is 1. The average molecular weight is 505 g/mol. The minimum atomic E-state index is -0.926. The van der Waals surface area contributed by atoms with Crippen LogP contribution >= 0.6 is 0 Å². The molecule has 0 aliphatic carbocycles. The minimum Gasteiger partial charge on any atom is -0.491 e. The van der Waals surface area contributed by atoms with Gasteiger partial charge in [-0.15, -0.1) is 0 Å². The number of nitrogens with one attached hydrogen (secondary N) is 2. The quantitative estimate of drug-likeness (QED) is 0.139. The lowest BCUT2D eigenvalue weighted by molar-refractivity contribution is -0.124. The Hall–Kier alpha value is -3.76. The van der Waals surface area contributed by atoms with Gasteiger partial charge in [-0.25, -0.2) is 19.1 Å². The first-order chi connectivity index (χ1) is 17.2. The highest BCUT2D eigenvalue weighted by atomic mass is 19.1. The molecule has 36 heavy (non-hydrogen) atoms. The van der Waals surface area contributed by atoms with Gasteiger partial charge in [0, 0.05) is 12.1 Å². The molecule has 8 nitrogen and oxygen atoms in total. The van der Waals surface area contributed by atoms with E-state index in [1.54, 1.807) is 37.3 Å². The topological polar surface area (TPSA) is 117 Å². The molecule has 0 saturated heterocycles. The van der Waals surface area contributed by atoms with Crippen LogP contribution in [0.3, 0.4) is 0 Å². The van der Waals surface area contributed by atoms with Gasteiger partial charge < -0.3 is 14.6 Å². The van der Waals surface area contributed by atoms with E-state index in [0.29, 0.717) is 35.8 Å². The first-order valence-corrected chi connectivity index (χ1v) is 11.3. The number of carbonyl (C=O) groups excluding carboxylic acids is 2. The fourth-order valence-corrected chi connectivity index (χ4v) is 3.34. The molecule has 194 valence electrons. The van der Waals surface area contributed by atoms with E-state index in [2.05, 4.69) is 5.32 Å². The molecule has 0 fully saturated rings. The molecule has 10 heteroatoms. The third kappa shape index (κ3) is 9.47. The first-order valence-electron chi connectivity index (χ1n) is 11.3. The number of allylic oxidation sites excluding steroid dienone is 3. The normalized spacial score (nSPS) is 13.2. The molecule has 2 rings (SSSR count). The summed E-state index contributed by atoms with van der Waals surface area (Å²) in [7, 11) is 0. The van der Waals surface area contributed by atoms with E-state index in [4.69, 9.17) is 19.8 Å². The van der Waals surface area contributed by atoms with Crippen LogP contribution in [0.25, 0.3) is 0 Å². The van der Waals surface area contributed by atoms with E-state index in [9.17, 15) is 18.4 Å². The second kappa shape index (κ2) is 14.6. The van der Waals surface area contributed by atoms with Gasteiger partial charge in [0.1, 0.15) is 30.1 Å². The number of hydrogen-bond donors (Lipinski definition) is 4. The van der Waals surface area contributed by atoms with E-state index in [1.807, 2.05) is 13.0 Å². The molecule has 0 aliphatic heterocycles. The van der Waals surface area contributed by atoms with Gasteiger partial charge in [-0.3, -0.25) is 15.3 Å². The number of benzene rings is 2. The number of ether oxygens (including phenoxy) is 2. The van der Waals surface area contributed by atoms with Crippen LogP contribution in [0.1, 0.15) is 38.4 Å². The van der Waals surface area contributed by atoms with Crippen molar-refractivity contribution in [1.29, 1.82) is 0 Å². The van der Waals surface area contributed by atoms with Crippen molar-refractivity contribution in [2.45, 2.75) is 32.8 Å². The fraction of sp³-hybridized carbons (Fsp3) is 0.308. The first kappa shape index (κ1) is 28.5. The van der Waals surface area contributed by atoms with E-state index >= 15 is 0 Å². The number of aliphatic hydroxyl groups is 1. The zero-order chi connectivity index (χ0) is 26.5. The highest BCUT2D eigenvalue weighted by Gasteiger charge is 2.24. The molecule has 0 bridgehead atoms. The zero-order valence-electron chi connectivity index (χ0n) is 20.0. The standard InChI is InChI=1S/C26H30F2N2O6/c1-17(15-24(32)30-34)5-3-4-6-18(2)25(19-7-10-21(11-8-19)35-14-13-31)36-26(33)29-23-12-9-20(27)16-22(23)28/h3,5,7-12,15-16,18,25,31,34H,4,6,13-14H2,1-2H3,(H,29,33)(H,30,32)/b5-3+,17-15+/t18-,25-/m1/s1. The SMILES string of the molecule is CC(/C=C/CC[C@@H](C)[C@@H](OC(=O)Nc1ccc(F)cc1F)c1ccc(OCCO)cc1)=C\C(=O)NO. The van der Waals surface area contributed by atoms with Gasteiger partial charge in [0.15, 0.2) is 0 Å². The highest BCUT2D eigenvalue weighted by molar-refractivity contribution is 5.87. The largest absolute Gasteiger partial charge is 0.491 e. The number of aliphatic hydroxyl groups excluding tert-OH is 1. The van der Waals surface area contributed by atoms with E-state index in [0.717, 1.165) is 12.1 Å². The molecule has 0 radical (unpaired) electrons. The maximum Gasteiger partial charge on any atom is 0.412 e. The number of hydrogen-bond acceptors (Lipinski definition) is 6. The summed E-state index contributed by atoms with van der Waals surface area (Å²) in [5, 5.41) is 19.8. The number of hydroxylamine groups is 1. The van der Waals surface area contributed by atoms with E-state index in [1.165, 1.54) is 11.6 Å². The number of halogens is 2. The fourth-order valence-electron chi connectivity index (χ4n) is 3.34. The molecule has 0 saturated carbocycles. The summed E-state index contributed by atoms with van der Waals surface area (Å²) in [6, 6.07) is 9.63.